The van der Waals surface area contributed by atoms with Crippen molar-refractivity contribution in [3.63, 3.8) is 0 Å². The topological polar surface area (TPSA) is 51.1 Å². The SMILES string of the molecule is CCNC(=NCC(c1ccc(CC)cc1)N(C)C)N1CC[C@@H](O)C1.I. The molecule has 1 aliphatic heterocycles. The first kappa shape index (κ1) is 22.2. The van der Waals surface area contributed by atoms with Crippen LogP contribution >= 0.6 is 24.0 Å². The molecule has 1 unspecified atom stereocenters. The van der Waals surface area contributed by atoms with Gasteiger partial charge < -0.3 is 20.2 Å². The number of nitrogens with zero attached hydrogens (tertiary/aromatic N) is 3. The molecule has 0 aromatic heterocycles. The van der Waals surface area contributed by atoms with Crippen molar-refractivity contribution in [2.75, 3.05) is 40.3 Å². The lowest BCUT2D eigenvalue weighted by Gasteiger charge is -2.26. The summed E-state index contributed by atoms with van der Waals surface area (Å²) in [7, 11) is 4.20. The van der Waals surface area contributed by atoms with Crippen LogP contribution in [0.15, 0.2) is 29.3 Å². The van der Waals surface area contributed by atoms with E-state index >= 15 is 0 Å². The number of hydrogen-bond acceptors (Lipinski definition) is 3. The van der Waals surface area contributed by atoms with Crippen LogP contribution in [0.4, 0.5) is 0 Å². The molecule has 1 fully saturated rings. The fraction of sp³-hybridized carbons (Fsp3) is 0.632. The first-order chi connectivity index (χ1) is 11.5. The number of aliphatic hydroxyl groups excluding tert-OH is 1. The van der Waals surface area contributed by atoms with Gasteiger partial charge in [0.25, 0.3) is 0 Å². The van der Waals surface area contributed by atoms with Crippen molar-refractivity contribution in [3.8, 4) is 0 Å². The standard InChI is InChI=1S/C19H32N4O.HI/c1-5-15-7-9-16(10-8-15)18(22(3)4)13-21-19(20-6-2)23-12-11-17(24)14-23;/h7-10,17-18,24H,5-6,11-14H2,1-4H3,(H,20,21);1H/t17-,18?;/m1./s1. The number of rotatable bonds is 6. The zero-order valence-corrected chi connectivity index (χ0v) is 18.2. The Bertz CT molecular complexity index is 533. The second-order valence-corrected chi connectivity index (χ2v) is 6.66. The number of benzene rings is 1. The molecule has 0 aliphatic carbocycles. The summed E-state index contributed by atoms with van der Waals surface area (Å²) in [6, 6.07) is 9.09. The number of likely N-dealkylation sites (N-methyl/N-ethyl adjacent to an activating group) is 1. The van der Waals surface area contributed by atoms with Crippen molar-refractivity contribution in [2.24, 2.45) is 4.99 Å². The van der Waals surface area contributed by atoms with Gasteiger partial charge in [-0.05, 0) is 45.0 Å². The molecule has 0 saturated carbocycles. The number of halogens is 1. The maximum absolute atomic E-state index is 9.78. The molecule has 1 aromatic rings. The largest absolute Gasteiger partial charge is 0.391 e. The lowest BCUT2D eigenvalue weighted by molar-refractivity contribution is 0.187. The molecule has 1 aliphatic rings. The van der Waals surface area contributed by atoms with Crippen LogP contribution in [0.25, 0.3) is 0 Å². The van der Waals surface area contributed by atoms with Crippen LogP contribution in [-0.2, 0) is 6.42 Å². The predicted octanol–water partition coefficient (Wildman–Crippen LogP) is 2.50. The van der Waals surface area contributed by atoms with Crippen molar-refractivity contribution in [1.82, 2.24) is 15.1 Å². The summed E-state index contributed by atoms with van der Waals surface area (Å²) >= 11 is 0. The normalized spacial score (nSPS) is 19.0. The minimum Gasteiger partial charge on any atom is -0.391 e. The highest BCUT2D eigenvalue weighted by molar-refractivity contribution is 14.0. The van der Waals surface area contributed by atoms with Crippen molar-refractivity contribution in [1.29, 1.82) is 0 Å². The van der Waals surface area contributed by atoms with Gasteiger partial charge in [0.15, 0.2) is 5.96 Å². The third kappa shape index (κ3) is 6.42. The first-order valence-corrected chi connectivity index (χ1v) is 9.01. The van der Waals surface area contributed by atoms with E-state index in [-0.39, 0.29) is 36.1 Å². The molecule has 0 amide bonds. The number of aliphatic imine (C=N–C) groups is 1. The van der Waals surface area contributed by atoms with Gasteiger partial charge in [-0.15, -0.1) is 24.0 Å². The van der Waals surface area contributed by atoms with Crippen LogP contribution in [0.3, 0.4) is 0 Å². The Morgan fingerprint density at radius 1 is 1.32 bits per heavy atom. The van der Waals surface area contributed by atoms with E-state index in [2.05, 4.69) is 67.3 Å². The zero-order chi connectivity index (χ0) is 17.5. The summed E-state index contributed by atoms with van der Waals surface area (Å²) < 4.78 is 0. The van der Waals surface area contributed by atoms with Gasteiger partial charge in [0.05, 0.1) is 18.7 Å². The smallest absolute Gasteiger partial charge is 0.194 e. The highest BCUT2D eigenvalue weighted by Gasteiger charge is 2.23. The van der Waals surface area contributed by atoms with E-state index in [1.54, 1.807) is 0 Å². The minimum atomic E-state index is -0.236. The number of hydrogen-bond donors (Lipinski definition) is 2. The Morgan fingerprint density at radius 2 is 2.00 bits per heavy atom. The molecule has 0 bridgehead atoms. The van der Waals surface area contributed by atoms with Gasteiger partial charge in [-0.1, -0.05) is 31.2 Å². The fourth-order valence-corrected chi connectivity index (χ4v) is 3.08. The first-order valence-electron chi connectivity index (χ1n) is 9.01. The van der Waals surface area contributed by atoms with Crippen LogP contribution in [0, 0.1) is 0 Å². The summed E-state index contributed by atoms with van der Waals surface area (Å²) in [4.78, 5) is 9.22. The summed E-state index contributed by atoms with van der Waals surface area (Å²) in [6.07, 6.45) is 1.65. The highest BCUT2D eigenvalue weighted by atomic mass is 127. The van der Waals surface area contributed by atoms with E-state index in [4.69, 9.17) is 4.99 Å². The molecule has 25 heavy (non-hydrogen) atoms. The Labute approximate surface area is 169 Å². The summed E-state index contributed by atoms with van der Waals surface area (Å²) in [5.41, 5.74) is 2.65. The average Bonchev–Trinajstić information content (AvgIpc) is 3.00. The molecule has 1 saturated heterocycles. The van der Waals surface area contributed by atoms with Crippen LogP contribution < -0.4 is 5.32 Å². The van der Waals surface area contributed by atoms with Crippen molar-refractivity contribution in [3.05, 3.63) is 35.4 Å². The lowest BCUT2D eigenvalue weighted by Crippen LogP contribution is -2.41. The number of β-amino-alcohol motifs (C(OH)–C–C–N with tert-alkyl or cyclic N) is 1. The molecule has 1 heterocycles. The quantitative estimate of drug-likeness (QED) is 0.389. The molecule has 2 atom stereocenters. The Hall–Kier alpha value is -0.860. The Morgan fingerprint density at radius 3 is 2.48 bits per heavy atom. The number of guanidine groups is 1. The van der Waals surface area contributed by atoms with Gasteiger partial charge in [0, 0.05) is 19.6 Å². The van der Waals surface area contributed by atoms with Gasteiger partial charge in [0.1, 0.15) is 0 Å². The summed E-state index contributed by atoms with van der Waals surface area (Å²) in [5, 5.41) is 13.1. The maximum Gasteiger partial charge on any atom is 0.194 e. The van der Waals surface area contributed by atoms with E-state index in [0.29, 0.717) is 13.1 Å². The van der Waals surface area contributed by atoms with Gasteiger partial charge >= 0.3 is 0 Å². The Balaban J connectivity index is 0.00000312. The second kappa shape index (κ2) is 11.0. The number of aliphatic hydroxyl groups is 1. The van der Waals surface area contributed by atoms with E-state index in [9.17, 15) is 5.11 Å². The molecule has 0 radical (unpaired) electrons. The van der Waals surface area contributed by atoms with Gasteiger partial charge in [-0.2, -0.15) is 0 Å². The molecule has 2 N–H and O–H groups in total. The molecule has 1 aromatic carbocycles. The number of aryl methyl sites for hydroxylation is 1. The number of nitrogens with one attached hydrogen (secondary N) is 1. The molecular weight excluding hydrogens is 427 g/mol. The Kier molecular flexibility index (Phi) is 9.74. The van der Waals surface area contributed by atoms with E-state index in [1.807, 2.05) is 0 Å². The van der Waals surface area contributed by atoms with Gasteiger partial charge in [-0.25, -0.2) is 0 Å². The minimum absolute atomic E-state index is 0. The maximum atomic E-state index is 9.78. The molecular formula is C19H33IN4O. The second-order valence-electron chi connectivity index (χ2n) is 6.66. The van der Waals surface area contributed by atoms with E-state index < -0.39 is 0 Å². The predicted molar refractivity (Wildman–Crippen MR) is 116 cm³/mol. The van der Waals surface area contributed by atoms with Crippen LogP contribution in [0.5, 0.6) is 0 Å². The van der Waals surface area contributed by atoms with E-state index in [0.717, 1.165) is 31.9 Å². The van der Waals surface area contributed by atoms with Crippen LogP contribution in [0.1, 0.15) is 37.4 Å². The highest BCUT2D eigenvalue weighted by Crippen LogP contribution is 2.20. The monoisotopic (exact) mass is 460 g/mol. The van der Waals surface area contributed by atoms with Crippen molar-refractivity contribution >= 4 is 29.9 Å². The zero-order valence-electron chi connectivity index (χ0n) is 15.9. The van der Waals surface area contributed by atoms with E-state index in [1.165, 1.54) is 11.1 Å². The van der Waals surface area contributed by atoms with Crippen molar-refractivity contribution < 1.29 is 5.11 Å². The molecule has 2 rings (SSSR count). The molecule has 5 nitrogen and oxygen atoms in total. The van der Waals surface area contributed by atoms with Gasteiger partial charge in [-0.3, -0.25) is 4.99 Å². The van der Waals surface area contributed by atoms with Crippen molar-refractivity contribution in [2.45, 2.75) is 38.8 Å². The molecule has 6 heteroatoms. The fourth-order valence-electron chi connectivity index (χ4n) is 3.08. The van der Waals surface area contributed by atoms with Gasteiger partial charge in [0.2, 0.25) is 0 Å². The third-order valence-corrected chi connectivity index (χ3v) is 4.61. The summed E-state index contributed by atoms with van der Waals surface area (Å²) in [6.45, 7) is 7.33. The number of likely N-dealkylation sites (tertiary alicyclic amines) is 1. The molecule has 142 valence electrons. The van der Waals surface area contributed by atoms with Crippen LogP contribution in [0.2, 0.25) is 0 Å². The average molecular weight is 460 g/mol. The van der Waals surface area contributed by atoms with Crippen LogP contribution in [-0.4, -0.2) is 67.2 Å². The lowest BCUT2D eigenvalue weighted by atomic mass is 10.0. The summed E-state index contributed by atoms with van der Waals surface area (Å²) in [5.74, 6) is 0.908. The third-order valence-electron chi connectivity index (χ3n) is 4.61. The molecule has 0 spiro atoms.